The molecule has 0 spiro atoms. The summed E-state index contributed by atoms with van der Waals surface area (Å²) < 4.78 is 54.7. The zero-order valence-corrected chi connectivity index (χ0v) is 29.6. The van der Waals surface area contributed by atoms with Crippen molar-refractivity contribution in [2.45, 2.75) is 88.0 Å². The van der Waals surface area contributed by atoms with E-state index < -0.39 is 44.7 Å². The summed E-state index contributed by atoms with van der Waals surface area (Å²) in [4.78, 5) is 48.8. The van der Waals surface area contributed by atoms with Gasteiger partial charge in [0.05, 0.1) is 40.6 Å². The van der Waals surface area contributed by atoms with Gasteiger partial charge in [0, 0.05) is 18.8 Å². The molecule has 3 aromatic rings. The molecule has 0 radical (unpaired) electrons. The maximum absolute atomic E-state index is 14.5. The predicted molar refractivity (Wildman–Crippen MR) is 187 cm³/mol. The van der Waals surface area contributed by atoms with Crippen molar-refractivity contribution >= 4 is 49.2 Å². The molecule has 7 rings (SSSR count). The lowest BCUT2D eigenvalue weighted by Crippen LogP contribution is -2.46. The number of thiazole rings is 1. The molecule has 2 aliphatic carbocycles. The summed E-state index contributed by atoms with van der Waals surface area (Å²) in [7, 11) is -2.22. The van der Waals surface area contributed by atoms with E-state index in [0.29, 0.717) is 48.6 Å². The van der Waals surface area contributed by atoms with Crippen LogP contribution in [0.15, 0.2) is 54.6 Å². The number of Topliss-reactive ketones (excluding diaryl/α,β-unsaturated/α-hetero) is 1. The van der Waals surface area contributed by atoms with E-state index in [1.54, 1.807) is 18.1 Å². The summed E-state index contributed by atoms with van der Waals surface area (Å²) in [5.74, 6) is -1.59. The van der Waals surface area contributed by atoms with E-state index in [1.807, 2.05) is 36.4 Å². The molecule has 2 aliphatic heterocycles. The van der Waals surface area contributed by atoms with Crippen LogP contribution in [0.1, 0.15) is 69.8 Å². The minimum Gasteiger partial charge on any atom is -0.497 e. The van der Waals surface area contributed by atoms with Crippen LogP contribution in [-0.4, -0.2) is 66.9 Å². The lowest BCUT2D eigenvalue weighted by Gasteiger charge is -2.29. The highest BCUT2D eigenvalue weighted by Crippen LogP contribution is 2.57. The minimum absolute atomic E-state index is 0.146. The Balaban J connectivity index is 1.18. The summed E-state index contributed by atoms with van der Waals surface area (Å²) in [6.45, 7) is 0.146. The number of carbonyl (C=O) groups is 3. The summed E-state index contributed by atoms with van der Waals surface area (Å²) >= 11 is 1.35. The van der Waals surface area contributed by atoms with Crippen molar-refractivity contribution in [2.75, 3.05) is 13.7 Å². The van der Waals surface area contributed by atoms with Gasteiger partial charge in [0.2, 0.25) is 21.8 Å². The fourth-order valence-corrected chi connectivity index (χ4v) is 9.77. The number of rotatable bonds is 8. The Morgan fingerprint density at radius 1 is 1.12 bits per heavy atom. The van der Waals surface area contributed by atoms with E-state index in [-0.39, 0.29) is 42.8 Å². The molecule has 2 amide bonds. The van der Waals surface area contributed by atoms with Gasteiger partial charge < -0.3 is 14.4 Å². The second kappa shape index (κ2) is 14.1. The van der Waals surface area contributed by atoms with E-state index in [9.17, 15) is 27.2 Å². The maximum atomic E-state index is 14.5. The molecule has 13 heteroatoms. The zero-order valence-electron chi connectivity index (χ0n) is 28.0. The monoisotopic (exact) mass is 723 g/mol. The number of hydrogen-bond donors (Lipinski definition) is 1. The van der Waals surface area contributed by atoms with Crippen molar-refractivity contribution < 1.29 is 36.7 Å². The van der Waals surface area contributed by atoms with Crippen molar-refractivity contribution in [3.63, 3.8) is 0 Å². The van der Waals surface area contributed by atoms with Gasteiger partial charge in [-0.2, -0.15) is 0 Å². The minimum atomic E-state index is -3.82. The fourth-order valence-electron chi connectivity index (χ4n) is 7.47. The number of ether oxygens (including phenoxy) is 2. The van der Waals surface area contributed by atoms with Gasteiger partial charge >= 0.3 is 0 Å². The molecule has 1 N–H and O–H groups in total. The van der Waals surface area contributed by atoms with Crippen LogP contribution in [0.4, 0.5) is 4.39 Å². The topological polar surface area (TPSA) is 132 Å². The smallest absolute Gasteiger partial charge is 0.274 e. The van der Waals surface area contributed by atoms with Crippen LogP contribution in [0.5, 0.6) is 10.9 Å². The molecule has 266 valence electrons. The number of carbonyl (C=O) groups excluding carboxylic acids is 3. The van der Waals surface area contributed by atoms with Gasteiger partial charge in [0.25, 0.3) is 5.19 Å². The standard InChI is InChI=1S/C37H42FN3O7S2/c1-47-27-12-15-30-33(19-27)49-36(39-30)48-28-18-31-32(42)21-37(35(44)40-50(45,46)29-13-14-29)20-25(37)10-6-4-2-3-5-9-24(34(43)41(31)22-28)16-23-8-7-11-26(38)17-23/h6-8,10-12,15,17,19,24-25,28-29,31H,2-5,9,13-14,16,18,20-22H2,1H3,(H,40,44)/b10-6-/t24-,25-,28-,31+,37-/m1/s1. The van der Waals surface area contributed by atoms with Gasteiger partial charge in [-0.3, -0.25) is 19.1 Å². The zero-order chi connectivity index (χ0) is 35.0. The molecule has 4 aliphatic rings. The van der Waals surface area contributed by atoms with Crippen LogP contribution in [0, 0.1) is 23.1 Å². The van der Waals surface area contributed by atoms with Gasteiger partial charge in [-0.25, -0.2) is 17.8 Å². The first-order valence-electron chi connectivity index (χ1n) is 17.5. The van der Waals surface area contributed by atoms with E-state index in [1.165, 1.54) is 23.5 Å². The molecule has 1 saturated heterocycles. The van der Waals surface area contributed by atoms with Crippen LogP contribution in [0.25, 0.3) is 10.2 Å². The highest BCUT2D eigenvalue weighted by Gasteiger charge is 2.61. The summed E-state index contributed by atoms with van der Waals surface area (Å²) in [6, 6.07) is 10.9. The lowest BCUT2D eigenvalue weighted by atomic mass is 9.90. The molecule has 3 fully saturated rings. The quantitative estimate of drug-likeness (QED) is 0.291. The van der Waals surface area contributed by atoms with E-state index in [0.717, 1.165) is 35.9 Å². The number of nitrogens with zero attached hydrogens (tertiary/aromatic N) is 2. The molecule has 2 aromatic carbocycles. The van der Waals surface area contributed by atoms with Gasteiger partial charge in [-0.15, -0.1) is 0 Å². The Labute approximate surface area is 295 Å². The SMILES string of the molecule is COc1ccc2nc(O[C@@H]3C[C@H]4C(=O)C[C@]5(C(=O)NS(=O)(=O)C6CC6)C[C@H]5/C=C\CCCCC[C@H](Cc5cccc(F)c5)C(=O)N4C3)sc2c1. The van der Waals surface area contributed by atoms with Crippen LogP contribution in [-0.2, 0) is 30.8 Å². The molecule has 10 nitrogen and oxygen atoms in total. The van der Waals surface area contributed by atoms with Gasteiger partial charge in [0.1, 0.15) is 17.7 Å². The first-order valence-corrected chi connectivity index (χ1v) is 19.8. The van der Waals surface area contributed by atoms with E-state index in [2.05, 4.69) is 9.71 Å². The van der Waals surface area contributed by atoms with Gasteiger partial charge in [0.15, 0.2) is 5.78 Å². The Morgan fingerprint density at radius 2 is 1.96 bits per heavy atom. The van der Waals surface area contributed by atoms with Crippen LogP contribution < -0.4 is 14.2 Å². The Bertz CT molecular complexity index is 1930. The second-order valence-corrected chi connectivity index (χ2v) is 17.1. The van der Waals surface area contributed by atoms with Gasteiger partial charge in [-0.05, 0) is 86.8 Å². The Kier molecular flexibility index (Phi) is 9.73. The largest absolute Gasteiger partial charge is 0.497 e. The van der Waals surface area contributed by atoms with Crippen molar-refractivity contribution in [3.8, 4) is 10.9 Å². The molecule has 50 heavy (non-hydrogen) atoms. The number of sulfonamides is 1. The number of halogens is 1. The first kappa shape index (κ1) is 34.6. The van der Waals surface area contributed by atoms with E-state index in [4.69, 9.17) is 9.47 Å². The average Bonchev–Trinajstić information content (AvgIpc) is 3.98. The number of hydrogen-bond acceptors (Lipinski definition) is 9. The highest BCUT2D eigenvalue weighted by molar-refractivity contribution is 7.90. The molecular weight excluding hydrogens is 682 g/mol. The van der Waals surface area contributed by atoms with Crippen molar-refractivity contribution in [3.05, 3.63) is 66.0 Å². The normalized spacial score (nSPS) is 28.2. The van der Waals surface area contributed by atoms with Gasteiger partial charge in [-0.1, -0.05) is 48.5 Å². The highest BCUT2D eigenvalue weighted by atomic mass is 32.2. The van der Waals surface area contributed by atoms with E-state index >= 15 is 0 Å². The molecule has 0 unspecified atom stereocenters. The third-order valence-electron chi connectivity index (χ3n) is 10.5. The second-order valence-electron chi connectivity index (χ2n) is 14.2. The van der Waals surface area contributed by atoms with Crippen molar-refractivity contribution in [1.29, 1.82) is 0 Å². The first-order chi connectivity index (χ1) is 24.0. The molecular formula is C37H42FN3O7S2. The number of allylic oxidation sites excluding steroid dienone is 2. The fraction of sp³-hybridized carbons (Fsp3) is 0.514. The number of amides is 2. The Morgan fingerprint density at radius 3 is 2.74 bits per heavy atom. The summed E-state index contributed by atoms with van der Waals surface area (Å²) in [6.07, 6.45) is 9.06. The molecule has 3 heterocycles. The van der Waals surface area contributed by atoms with Crippen LogP contribution in [0.3, 0.4) is 0 Å². The average molecular weight is 724 g/mol. The molecule has 1 aromatic heterocycles. The Hall–Kier alpha value is -3.84. The maximum Gasteiger partial charge on any atom is 0.274 e. The number of fused-ring (bicyclic) bond motifs is 3. The van der Waals surface area contributed by atoms with Crippen LogP contribution in [0.2, 0.25) is 0 Å². The number of methoxy groups -OCH3 is 1. The van der Waals surface area contributed by atoms with Crippen LogP contribution >= 0.6 is 11.3 Å². The molecule has 2 saturated carbocycles. The lowest BCUT2D eigenvalue weighted by molar-refractivity contribution is -0.142. The summed E-state index contributed by atoms with van der Waals surface area (Å²) in [5.41, 5.74) is 0.247. The third-order valence-corrected chi connectivity index (χ3v) is 13.3. The summed E-state index contributed by atoms with van der Waals surface area (Å²) in [5, 5.41) is -0.168. The molecule has 0 bridgehead atoms. The number of aromatic nitrogens is 1. The number of benzene rings is 2. The van der Waals surface area contributed by atoms with Crippen molar-refractivity contribution in [1.82, 2.24) is 14.6 Å². The van der Waals surface area contributed by atoms with Crippen molar-refractivity contribution in [2.24, 2.45) is 17.3 Å². The number of nitrogens with one attached hydrogen (secondary N) is 1. The molecule has 5 atom stereocenters. The predicted octanol–water partition coefficient (Wildman–Crippen LogP) is 5.75. The number of ketones is 1. The third kappa shape index (κ3) is 7.44.